The van der Waals surface area contributed by atoms with Crippen molar-refractivity contribution in [1.82, 2.24) is 0 Å². The van der Waals surface area contributed by atoms with E-state index < -0.39 is 14.3 Å². The van der Waals surface area contributed by atoms with Gasteiger partial charge >= 0.3 is 11.9 Å². The summed E-state index contributed by atoms with van der Waals surface area (Å²) >= 11 is 0. The summed E-state index contributed by atoms with van der Waals surface area (Å²) in [6, 6.07) is 35.3. The van der Waals surface area contributed by atoms with Gasteiger partial charge in [0.25, 0.3) is 0 Å². The average molecular weight is 1150 g/mol. The molecule has 4 aromatic carbocycles. The van der Waals surface area contributed by atoms with Crippen LogP contribution in [0.4, 0.5) is 0 Å². The highest BCUT2D eigenvalue weighted by Crippen LogP contribution is 2.45. The first-order chi connectivity index (χ1) is 38.8. The molecule has 0 saturated heterocycles. The molecule has 0 aliphatic carbocycles. The molecule has 2 heterocycles. The second kappa shape index (κ2) is 28.6. The van der Waals surface area contributed by atoms with E-state index in [-0.39, 0.29) is 51.3 Å². The summed E-state index contributed by atoms with van der Waals surface area (Å²) < 4.78 is 24.2. The zero-order valence-corrected chi connectivity index (χ0v) is 55.9. The van der Waals surface area contributed by atoms with E-state index in [1.165, 1.54) is 50.1 Å². The predicted molar refractivity (Wildman–Crippen MR) is 347 cm³/mol. The number of aliphatic hydroxyl groups is 1. The largest absolute Gasteiger partial charge is 0.481 e. The highest BCUT2D eigenvalue weighted by atomic mass is 28.4. The van der Waals surface area contributed by atoms with E-state index >= 15 is 0 Å². The van der Waals surface area contributed by atoms with Gasteiger partial charge in [-0.05, 0) is 195 Å². The van der Waals surface area contributed by atoms with Crippen LogP contribution in [0.2, 0.25) is 18.1 Å². The molecule has 6 aromatic rings. The minimum Gasteiger partial charge on any atom is -0.481 e. The van der Waals surface area contributed by atoms with Crippen molar-refractivity contribution in [2.24, 2.45) is 10.8 Å². The second-order valence-corrected chi connectivity index (χ2v) is 32.1. The first kappa shape index (κ1) is 68.3. The van der Waals surface area contributed by atoms with Crippen LogP contribution in [-0.4, -0.2) is 49.3 Å². The number of hydrogen-bond acceptors (Lipinski definition) is 7. The van der Waals surface area contributed by atoms with Crippen molar-refractivity contribution in [3.05, 3.63) is 164 Å². The van der Waals surface area contributed by atoms with Crippen molar-refractivity contribution in [1.29, 1.82) is 0 Å². The van der Waals surface area contributed by atoms with Gasteiger partial charge < -0.3 is 28.2 Å². The number of carboxylic acid groups (broad SMARTS) is 1. The molecule has 2 N–H and O–H groups in total. The summed E-state index contributed by atoms with van der Waals surface area (Å²) in [4.78, 5) is 22.7. The van der Waals surface area contributed by atoms with E-state index in [9.17, 15) is 14.7 Å². The van der Waals surface area contributed by atoms with Gasteiger partial charge in [0.15, 0.2) is 8.32 Å². The maximum atomic E-state index is 11.8. The van der Waals surface area contributed by atoms with Crippen molar-refractivity contribution in [2.45, 2.75) is 243 Å². The molecule has 0 bridgehead atoms. The topological polar surface area (TPSA) is 119 Å². The van der Waals surface area contributed by atoms with E-state index in [1.807, 2.05) is 31.2 Å². The van der Waals surface area contributed by atoms with Gasteiger partial charge in [-0.3, -0.25) is 9.59 Å². The lowest BCUT2D eigenvalue weighted by Crippen LogP contribution is -2.47. The Balaban J connectivity index is 0.000000311. The van der Waals surface area contributed by atoms with Gasteiger partial charge in [0, 0.05) is 34.8 Å². The number of carbonyl (C=O) groups is 2. The lowest BCUT2D eigenvalue weighted by Gasteiger charge is -2.43. The van der Waals surface area contributed by atoms with Crippen LogP contribution in [0.15, 0.2) is 106 Å². The number of benzene rings is 4. The van der Waals surface area contributed by atoms with Crippen molar-refractivity contribution in [3.8, 4) is 22.6 Å². The summed E-state index contributed by atoms with van der Waals surface area (Å²) in [5.41, 5.74) is 15.0. The molecular weight excluding hydrogens is 1040 g/mol. The van der Waals surface area contributed by atoms with Crippen LogP contribution in [0.3, 0.4) is 0 Å². The fraction of sp³-hybridized carbons (Fsp3) is 0.541. The predicted octanol–water partition coefficient (Wildman–Crippen LogP) is 19.6. The third kappa shape index (κ3) is 17.1. The van der Waals surface area contributed by atoms with Crippen LogP contribution in [0, 0.1) is 38.5 Å². The molecule has 0 radical (unpaired) electrons. The second-order valence-electron chi connectivity index (χ2n) is 27.3. The fourth-order valence-electron chi connectivity index (χ4n) is 11.7. The Bertz CT molecular complexity index is 3060. The van der Waals surface area contributed by atoms with Crippen molar-refractivity contribution in [2.75, 3.05) is 6.61 Å². The molecule has 0 fully saturated rings. The Morgan fingerprint density at radius 3 is 1.27 bits per heavy atom. The molecule has 0 aliphatic rings. The molecule has 2 aromatic heterocycles. The number of furan rings is 2. The van der Waals surface area contributed by atoms with Crippen LogP contribution in [0.1, 0.15) is 215 Å². The number of aliphatic carboxylic acids is 1. The smallest absolute Gasteiger partial charge is 0.306 e. The summed E-state index contributed by atoms with van der Waals surface area (Å²) in [6.45, 7) is 45.1. The van der Waals surface area contributed by atoms with Crippen molar-refractivity contribution < 1.29 is 37.8 Å². The molecule has 2 unspecified atom stereocenters. The van der Waals surface area contributed by atoms with Crippen molar-refractivity contribution in [3.63, 3.8) is 0 Å². The molecule has 8 nitrogen and oxygen atoms in total. The standard InChI is InChI=1S/C41H62O4Si.C33H44O4/c1-14-41(15-2,33-20-23-35(30(5)28-33)36-24-21-34(44-36)22-26-38(42)43-16-3)32-19-17-31(29(4)27-32)18-25-37(39(6,7)8)45-46(12,13)40(9,10)11;1-8-33(9-2,25-12-10-24(22(3)20-25)11-18-30(34)32(5,6)7)26-13-16-28(23(4)21-26)29-17-14-27(37-29)15-19-31(35)36/h17,19-21,23-24,27-28,37H,14-16,18,22,25-26H2,1-13H3;10,12-14,16-17,20-21,30,34H,8-9,11,15,18-19H2,1-7H3,(H,35,36). The van der Waals surface area contributed by atoms with E-state index in [2.05, 4.69) is 204 Å². The number of aliphatic hydroxyl groups excluding tert-OH is 1. The molecule has 0 saturated carbocycles. The summed E-state index contributed by atoms with van der Waals surface area (Å²) in [5.74, 6) is 2.11. The summed E-state index contributed by atoms with van der Waals surface area (Å²) in [7, 11) is -1.87. The number of rotatable bonds is 25. The molecule has 0 amide bonds. The molecule has 0 spiro atoms. The summed E-state index contributed by atoms with van der Waals surface area (Å²) in [6.07, 6.45) is 8.95. The van der Waals surface area contributed by atoms with Gasteiger partial charge in [-0.15, -0.1) is 0 Å². The Morgan fingerprint density at radius 2 is 0.916 bits per heavy atom. The quantitative estimate of drug-likeness (QED) is 0.0430. The molecule has 9 heteroatoms. The number of carboxylic acids is 1. The number of hydrogen-bond donors (Lipinski definition) is 2. The monoisotopic (exact) mass is 1150 g/mol. The normalized spacial score (nSPS) is 13.4. The first-order valence-corrected chi connectivity index (χ1v) is 34.0. The van der Waals surface area contributed by atoms with Crippen LogP contribution < -0.4 is 0 Å². The number of esters is 1. The lowest BCUT2D eigenvalue weighted by atomic mass is 9.69. The van der Waals surface area contributed by atoms with Crippen LogP contribution >= 0.6 is 0 Å². The minimum absolute atomic E-state index is 0.0652. The third-order valence-corrected chi connectivity index (χ3v) is 23.1. The molecule has 2 atom stereocenters. The Hall–Kier alpha value is -5.48. The van der Waals surface area contributed by atoms with E-state index in [1.54, 1.807) is 0 Å². The summed E-state index contributed by atoms with van der Waals surface area (Å²) in [5, 5.41) is 19.6. The Morgan fingerprint density at radius 1 is 0.518 bits per heavy atom. The molecule has 6 rings (SSSR count). The van der Waals surface area contributed by atoms with Gasteiger partial charge in [-0.25, -0.2) is 0 Å². The fourth-order valence-corrected chi connectivity index (χ4v) is 13.2. The minimum atomic E-state index is -1.87. The number of aryl methyl sites for hydroxylation is 8. The lowest BCUT2D eigenvalue weighted by molar-refractivity contribution is -0.143. The molecule has 83 heavy (non-hydrogen) atoms. The van der Waals surface area contributed by atoms with E-state index in [0.717, 1.165) is 85.3 Å². The zero-order valence-electron chi connectivity index (χ0n) is 54.9. The van der Waals surface area contributed by atoms with Crippen LogP contribution in [0.5, 0.6) is 0 Å². The van der Waals surface area contributed by atoms with Gasteiger partial charge in [0.1, 0.15) is 23.0 Å². The molecular formula is C74H106O8Si. The van der Waals surface area contributed by atoms with Gasteiger partial charge in [-0.2, -0.15) is 0 Å². The van der Waals surface area contributed by atoms with Crippen LogP contribution in [-0.2, 0) is 55.3 Å². The van der Waals surface area contributed by atoms with Gasteiger partial charge in [0.05, 0.1) is 31.7 Å². The number of ether oxygens (including phenoxy) is 1. The SMILES string of the molecule is CCC(CC)(c1ccc(CCC(O)C(C)(C)C)c(C)c1)c1ccc(-c2ccc(CCC(=O)O)o2)c(C)c1.CCOC(=O)CCc1ccc(-c2ccc(C(CC)(CC)c3ccc(CCC(O[Si](C)(C)C(C)(C)C)C(C)(C)C)c(C)c3)cc2C)o1. The van der Waals surface area contributed by atoms with E-state index in [4.69, 9.17) is 23.1 Å². The highest BCUT2D eigenvalue weighted by molar-refractivity contribution is 6.74. The van der Waals surface area contributed by atoms with Crippen molar-refractivity contribution >= 4 is 20.3 Å². The van der Waals surface area contributed by atoms with Crippen LogP contribution in [0.25, 0.3) is 22.6 Å². The molecule has 0 aliphatic heterocycles. The van der Waals surface area contributed by atoms with E-state index in [0.29, 0.717) is 31.6 Å². The third-order valence-electron chi connectivity index (χ3n) is 18.7. The van der Waals surface area contributed by atoms with Gasteiger partial charge in [0.2, 0.25) is 0 Å². The zero-order chi connectivity index (χ0) is 61.9. The first-order valence-electron chi connectivity index (χ1n) is 31.1. The Kier molecular flexibility index (Phi) is 23.5. The maximum absolute atomic E-state index is 11.8. The molecule has 454 valence electrons. The van der Waals surface area contributed by atoms with Gasteiger partial charge in [-0.1, -0.05) is 163 Å². The average Bonchev–Trinajstić information content (AvgIpc) is 2.71. The maximum Gasteiger partial charge on any atom is 0.306 e. The highest BCUT2D eigenvalue weighted by Gasteiger charge is 2.42. The Labute approximate surface area is 502 Å². The number of carbonyl (C=O) groups excluding carboxylic acids is 1.